The van der Waals surface area contributed by atoms with Crippen molar-refractivity contribution in [1.82, 2.24) is 15.5 Å². The maximum Gasteiger partial charge on any atom is 0.408 e. The van der Waals surface area contributed by atoms with E-state index < -0.39 is 29.7 Å². The molecular formula is C34H43N3O5. The minimum absolute atomic E-state index is 0.0951. The number of rotatable bonds is 11. The Hall–Kier alpha value is -4.33. The first-order chi connectivity index (χ1) is 19.9. The standard InChI is InChI=1S/C34H43N3O5/c1-7-24(3)37(30(28-16-12-11-13-23(28)2)31(39)35-22-26-14-9-8-10-15-26)32(40)29(36-33(41)42-34(4,5)6)21-25-17-19-27(38)20-18-25/h8-20,24,29-30,38H,7,21-22H2,1-6H3,(H,35,39)(H,36,41). The van der Waals surface area contributed by atoms with Crippen LogP contribution in [0.15, 0.2) is 78.9 Å². The monoisotopic (exact) mass is 573 g/mol. The van der Waals surface area contributed by atoms with Crippen LogP contribution in [-0.2, 0) is 27.3 Å². The highest BCUT2D eigenvalue weighted by Crippen LogP contribution is 2.29. The molecule has 0 aliphatic rings. The zero-order valence-corrected chi connectivity index (χ0v) is 25.4. The summed E-state index contributed by atoms with van der Waals surface area (Å²) in [7, 11) is 0. The molecule has 3 unspecified atom stereocenters. The van der Waals surface area contributed by atoms with Gasteiger partial charge in [-0.1, -0.05) is 73.7 Å². The van der Waals surface area contributed by atoms with Crippen molar-refractivity contribution in [3.63, 3.8) is 0 Å². The predicted octanol–water partition coefficient (Wildman–Crippen LogP) is 5.82. The van der Waals surface area contributed by atoms with Crippen LogP contribution in [0.3, 0.4) is 0 Å². The van der Waals surface area contributed by atoms with Crippen molar-refractivity contribution in [2.45, 2.75) is 84.7 Å². The molecule has 0 saturated heterocycles. The Balaban J connectivity index is 2.05. The van der Waals surface area contributed by atoms with E-state index in [1.807, 2.05) is 75.4 Å². The van der Waals surface area contributed by atoms with E-state index in [1.54, 1.807) is 37.8 Å². The van der Waals surface area contributed by atoms with Crippen LogP contribution in [0.4, 0.5) is 4.79 Å². The second-order valence-electron chi connectivity index (χ2n) is 11.5. The highest BCUT2D eigenvalue weighted by Gasteiger charge is 2.39. The molecule has 224 valence electrons. The third kappa shape index (κ3) is 9.09. The van der Waals surface area contributed by atoms with Crippen molar-refractivity contribution in [1.29, 1.82) is 0 Å². The number of aryl methyl sites for hydroxylation is 1. The van der Waals surface area contributed by atoms with Crippen LogP contribution in [0.1, 0.15) is 69.3 Å². The third-order valence-corrected chi connectivity index (χ3v) is 7.00. The lowest BCUT2D eigenvalue weighted by molar-refractivity contribution is -0.145. The molecule has 42 heavy (non-hydrogen) atoms. The van der Waals surface area contributed by atoms with Crippen LogP contribution in [0.2, 0.25) is 0 Å². The molecule has 3 N–H and O–H groups in total. The number of amides is 3. The fourth-order valence-corrected chi connectivity index (χ4v) is 4.69. The molecule has 0 bridgehead atoms. The van der Waals surface area contributed by atoms with Crippen LogP contribution in [0.5, 0.6) is 5.75 Å². The number of carbonyl (C=O) groups excluding carboxylic acids is 3. The van der Waals surface area contributed by atoms with E-state index in [0.717, 1.165) is 16.7 Å². The molecule has 3 amide bonds. The maximum atomic E-state index is 14.5. The van der Waals surface area contributed by atoms with Crippen LogP contribution < -0.4 is 10.6 Å². The van der Waals surface area contributed by atoms with Gasteiger partial charge in [0.05, 0.1) is 0 Å². The van der Waals surface area contributed by atoms with Gasteiger partial charge >= 0.3 is 6.09 Å². The average Bonchev–Trinajstić information content (AvgIpc) is 2.95. The quantitative estimate of drug-likeness (QED) is 0.268. The van der Waals surface area contributed by atoms with Gasteiger partial charge in [0.1, 0.15) is 23.4 Å². The van der Waals surface area contributed by atoms with E-state index >= 15 is 0 Å². The van der Waals surface area contributed by atoms with Gasteiger partial charge in [-0.2, -0.15) is 0 Å². The van der Waals surface area contributed by atoms with E-state index in [-0.39, 0.29) is 24.1 Å². The Labute approximate surface area is 249 Å². The summed E-state index contributed by atoms with van der Waals surface area (Å²) >= 11 is 0. The number of nitrogens with one attached hydrogen (secondary N) is 2. The molecular weight excluding hydrogens is 530 g/mol. The first-order valence-electron chi connectivity index (χ1n) is 14.4. The minimum Gasteiger partial charge on any atom is -0.508 e. The van der Waals surface area contributed by atoms with Gasteiger partial charge in [0.25, 0.3) is 0 Å². The van der Waals surface area contributed by atoms with Crippen LogP contribution in [-0.4, -0.2) is 45.6 Å². The van der Waals surface area contributed by atoms with Gasteiger partial charge < -0.3 is 25.4 Å². The van der Waals surface area contributed by atoms with Crippen molar-refractivity contribution < 1.29 is 24.2 Å². The summed E-state index contributed by atoms with van der Waals surface area (Å²) in [4.78, 5) is 43.1. The van der Waals surface area contributed by atoms with Crippen molar-refractivity contribution in [2.24, 2.45) is 0 Å². The molecule has 0 fully saturated rings. The highest BCUT2D eigenvalue weighted by molar-refractivity contribution is 5.92. The minimum atomic E-state index is -1.04. The molecule has 0 spiro atoms. The summed E-state index contributed by atoms with van der Waals surface area (Å²) in [6.45, 7) is 11.3. The van der Waals surface area contributed by atoms with Crippen molar-refractivity contribution in [3.05, 3.63) is 101 Å². The van der Waals surface area contributed by atoms with E-state index in [0.29, 0.717) is 18.5 Å². The van der Waals surface area contributed by atoms with Crippen molar-refractivity contribution in [2.75, 3.05) is 0 Å². The zero-order chi connectivity index (χ0) is 30.9. The van der Waals surface area contributed by atoms with E-state index in [2.05, 4.69) is 10.6 Å². The summed E-state index contributed by atoms with van der Waals surface area (Å²) in [5.41, 5.74) is 2.47. The van der Waals surface area contributed by atoms with Gasteiger partial charge in [-0.25, -0.2) is 4.79 Å². The topological polar surface area (TPSA) is 108 Å². The molecule has 8 heteroatoms. The van der Waals surface area contributed by atoms with Gasteiger partial charge in [0.15, 0.2) is 0 Å². The first kappa shape index (κ1) is 32.2. The fourth-order valence-electron chi connectivity index (χ4n) is 4.69. The fraction of sp³-hybridized carbons (Fsp3) is 0.382. The Morgan fingerprint density at radius 1 is 0.905 bits per heavy atom. The van der Waals surface area contributed by atoms with E-state index in [9.17, 15) is 19.5 Å². The molecule has 8 nitrogen and oxygen atoms in total. The first-order valence-corrected chi connectivity index (χ1v) is 14.4. The number of hydrogen-bond donors (Lipinski definition) is 3. The van der Waals surface area contributed by atoms with Gasteiger partial charge in [-0.05, 0) is 75.4 Å². The number of carbonyl (C=O) groups is 3. The number of hydrogen-bond acceptors (Lipinski definition) is 5. The number of nitrogens with zero attached hydrogens (tertiary/aromatic N) is 1. The lowest BCUT2D eigenvalue weighted by Gasteiger charge is -2.38. The van der Waals surface area contributed by atoms with Crippen molar-refractivity contribution in [3.8, 4) is 5.75 Å². The molecule has 0 saturated carbocycles. The molecule has 0 radical (unpaired) electrons. The molecule has 0 aromatic heterocycles. The maximum absolute atomic E-state index is 14.5. The van der Waals surface area contributed by atoms with Crippen LogP contribution in [0.25, 0.3) is 0 Å². The van der Waals surface area contributed by atoms with Gasteiger partial charge in [0.2, 0.25) is 11.8 Å². The van der Waals surface area contributed by atoms with Crippen LogP contribution in [0, 0.1) is 6.92 Å². The Bertz CT molecular complexity index is 1340. The van der Waals surface area contributed by atoms with Gasteiger partial charge in [-0.3, -0.25) is 9.59 Å². The second kappa shape index (κ2) is 14.5. The second-order valence-corrected chi connectivity index (χ2v) is 11.5. The lowest BCUT2D eigenvalue weighted by Crippen LogP contribution is -2.56. The van der Waals surface area contributed by atoms with Gasteiger partial charge in [0, 0.05) is 19.0 Å². The van der Waals surface area contributed by atoms with Crippen LogP contribution >= 0.6 is 0 Å². The number of ether oxygens (including phenoxy) is 1. The van der Waals surface area contributed by atoms with E-state index in [1.165, 1.54) is 12.1 Å². The SMILES string of the molecule is CCC(C)N(C(=O)C(Cc1ccc(O)cc1)NC(=O)OC(C)(C)C)C(C(=O)NCc1ccccc1)c1ccccc1C. The zero-order valence-electron chi connectivity index (χ0n) is 25.4. The smallest absolute Gasteiger partial charge is 0.408 e. The van der Waals surface area contributed by atoms with Gasteiger partial charge in [-0.15, -0.1) is 0 Å². The van der Waals surface area contributed by atoms with E-state index in [4.69, 9.17) is 4.74 Å². The van der Waals surface area contributed by atoms with Crippen molar-refractivity contribution >= 4 is 17.9 Å². The molecule has 0 heterocycles. The summed E-state index contributed by atoms with van der Waals surface area (Å²) in [6, 6.07) is 21.3. The lowest BCUT2D eigenvalue weighted by atomic mass is 9.95. The number of phenolic OH excluding ortho intramolecular Hbond substituents is 1. The average molecular weight is 574 g/mol. The molecule has 3 aromatic rings. The summed E-state index contributed by atoms with van der Waals surface area (Å²) in [6.07, 6.45) is -0.0136. The largest absolute Gasteiger partial charge is 0.508 e. The molecule has 3 atom stereocenters. The molecule has 3 aromatic carbocycles. The normalized spacial score (nSPS) is 13.4. The Kier molecular flexibility index (Phi) is 11.1. The Morgan fingerprint density at radius 2 is 1.52 bits per heavy atom. The summed E-state index contributed by atoms with van der Waals surface area (Å²) < 4.78 is 5.50. The summed E-state index contributed by atoms with van der Waals surface area (Å²) in [5, 5.41) is 15.6. The molecule has 0 aliphatic carbocycles. The molecule has 0 aliphatic heterocycles. The Morgan fingerprint density at radius 3 is 2.12 bits per heavy atom. The molecule has 3 rings (SSSR count). The summed E-state index contributed by atoms with van der Waals surface area (Å²) in [5.74, 6) is -0.633. The number of alkyl carbamates (subject to hydrolysis) is 1. The predicted molar refractivity (Wildman–Crippen MR) is 164 cm³/mol. The number of aromatic hydroxyl groups is 1. The number of benzene rings is 3. The highest BCUT2D eigenvalue weighted by atomic mass is 16.6. The number of phenols is 1. The third-order valence-electron chi connectivity index (χ3n) is 7.00.